The van der Waals surface area contributed by atoms with Crippen molar-refractivity contribution < 1.29 is 13.2 Å². The number of rotatable bonds is 6. The second kappa shape index (κ2) is 8.95. The Labute approximate surface area is 200 Å². The van der Waals surface area contributed by atoms with Gasteiger partial charge in [0.05, 0.1) is 16.6 Å². The number of benzene rings is 4. The first kappa shape index (κ1) is 22.2. The highest BCUT2D eigenvalue weighted by atomic mass is 32.2. The van der Waals surface area contributed by atoms with Gasteiger partial charge >= 0.3 is 0 Å². The van der Waals surface area contributed by atoms with Crippen LogP contribution in [0.15, 0.2) is 95.9 Å². The van der Waals surface area contributed by atoms with E-state index in [2.05, 4.69) is 5.32 Å². The second-order valence-electron chi connectivity index (χ2n) is 8.49. The van der Waals surface area contributed by atoms with E-state index in [1.54, 1.807) is 24.3 Å². The van der Waals surface area contributed by atoms with Gasteiger partial charge in [-0.1, -0.05) is 73.7 Å². The van der Waals surface area contributed by atoms with Crippen LogP contribution >= 0.6 is 0 Å². The Morgan fingerprint density at radius 1 is 0.941 bits per heavy atom. The van der Waals surface area contributed by atoms with Crippen LogP contribution in [0.3, 0.4) is 0 Å². The SMILES string of the molecule is CCC(NC(=O)c1ccc2c(c1)CCN2S(=O)(=O)c1cccc2ccccc12)c1ccccc1. The molecule has 172 valence electrons. The minimum atomic E-state index is -3.74. The van der Waals surface area contributed by atoms with Crippen molar-refractivity contribution in [2.24, 2.45) is 0 Å². The number of carbonyl (C=O) groups excluding carboxylic acids is 1. The van der Waals surface area contributed by atoms with E-state index in [1.165, 1.54) is 4.31 Å². The molecule has 1 aliphatic heterocycles. The van der Waals surface area contributed by atoms with Crippen molar-refractivity contribution in [1.82, 2.24) is 5.32 Å². The molecular weight excluding hydrogens is 444 g/mol. The van der Waals surface area contributed by atoms with Crippen LogP contribution in [0.2, 0.25) is 0 Å². The van der Waals surface area contributed by atoms with Crippen LogP contribution in [-0.2, 0) is 16.4 Å². The molecule has 0 fully saturated rings. The summed E-state index contributed by atoms with van der Waals surface area (Å²) in [5.41, 5.74) is 3.10. The lowest BCUT2D eigenvalue weighted by Crippen LogP contribution is -2.29. The van der Waals surface area contributed by atoms with Crippen molar-refractivity contribution in [2.45, 2.75) is 30.7 Å². The lowest BCUT2D eigenvalue weighted by atomic mass is 10.0. The molecule has 0 radical (unpaired) electrons. The summed E-state index contributed by atoms with van der Waals surface area (Å²) in [4.78, 5) is 13.3. The fourth-order valence-corrected chi connectivity index (χ4v) is 6.37. The number of sulfonamides is 1. The van der Waals surface area contributed by atoms with E-state index in [9.17, 15) is 13.2 Å². The molecule has 1 heterocycles. The Bertz CT molecular complexity index is 1460. The molecule has 5 rings (SSSR count). The molecule has 34 heavy (non-hydrogen) atoms. The highest BCUT2D eigenvalue weighted by Gasteiger charge is 2.32. The Morgan fingerprint density at radius 3 is 2.47 bits per heavy atom. The molecule has 0 saturated heterocycles. The Balaban J connectivity index is 1.42. The van der Waals surface area contributed by atoms with Gasteiger partial charge in [0.25, 0.3) is 15.9 Å². The first-order valence-corrected chi connectivity index (χ1v) is 12.9. The number of hydrogen-bond donors (Lipinski definition) is 1. The van der Waals surface area contributed by atoms with Gasteiger partial charge in [0.1, 0.15) is 0 Å². The topological polar surface area (TPSA) is 66.5 Å². The maximum Gasteiger partial charge on any atom is 0.264 e. The zero-order chi connectivity index (χ0) is 23.7. The summed E-state index contributed by atoms with van der Waals surface area (Å²) in [6.45, 7) is 2.39. The van der Waals surface area contributed by atoms with Crippen molar-refractivity contribution >= 4 is 32.4 Å². The van der Waals surface area contributed by atoms with Gasteiger partial charge in [0, 0.05) is 17.5 Å². The molecule has 1 amide bonds. The summed E-state index contributed by atoms with van der Waals surface area (Å²) in [6.07, 6.45) is 1.34. The van der Waals surface area contributed by atoms with Crippen molar-refractivity contribution in [1.29, 1.82) is 0 Å². The Hall–Kier alpha value is -3.64. The third-order valence-corrected chi connectivity index (χ3v) is 8.30. The van der Waals surface area contributed by atoms with Crippen molar-refractivity contribution in [3.63, 3.8) is 0 Å². The number of carbonyl (C=O) groups is 1. The fourth-order valence-electron chi connectivity index (χ4n) is 4.65. The third kappa shape index (κ3) is 3.94. The fraction of sp³-hybridized carbons (Fsp3) is 0.179. The van der Waals surface area contributed by atoms with E-state index in [1.807, 2.05) is 73.7 Å². The smallest absolute Gasteiger partial charge is 0.264 e. The minimum Gasteiger partial charge on any atom is -0.345 e. The number of nitrogens with one attached hydrogen (secondary N) is 1. The van der Waals surface area contributed by atoms with Crippen molar-refractivity contribution in [3.8, 4) is 0 Å². The van der Waals surface area contributed by atoms with Gasteiger partial charge < -0.3 is 5.32 Å². The minimum absolute atomic E-state index is 0.0785. The quantitative estimate of drug-likeness (QED) is 0.406. The molecule has 5 nitrogen and oxygen atoms in total. The molecule has 0 aliphatic carbocycles. The average Bonchev–Trinajstić information content (AvgIpc) is 3.31. The van der Waals surface area contributed by atoms with E-state index in [0.29, 0.717) is 34.5 Å². The number of fused-ring (bicyclic) bond motifs is 2. The Morgan fingerprint density at radius 2 is 1.68 bits per heavy atom. The Kier molecular flexibility index (Phi) is 5.84. The van der Waals surface area contributed by atoms with Crippen LogP contribution < -0.4 is 9.62 Å². The molecule has 4 aromatic rings. The summed E-state index contributed by atoms with van der Waals surface area (Å²) in [5.74, 6) is -0.158. The lowest BCUT2D eigenvalue weighted by Gasteiger charge is -2.21. The zero-order valence-corrected chi connectivity index (χ0v) is 19.8. The highest BCUT2D eigenvalue weighted by molar-refractivity contribution is 7.93. The molecule has 6 heteroatoms. The van der Waals surface area contributed by atoms with Crippen LogP contribution in [0.25, 0.3) is 10.8 Å². The number of amides is 1. The zero-order valence-electron chi connectivity index (χ0n) is 18.9. The summed E-state index contributed by atoms with van der Waals surface area (Å²) in [5, 5.41) is 4.70. The van der Waals surface area contributed by atoms with Crippen LogP contribution in [0.1, 0.15) is 40.9 Å². The summed E-state index contributed by atoms with van der Waals surface area (Å²) in [6, 6.07) is 27.9. The standard InChI is InChI=1S/C28H26N2O3S/c1-2-25(21-10-4-3-5-11-21)29-28(31)23-15-16-26-22(19-23)17-18-30(26)34(32,33)27-14-8-12-20-9-6-7-13-24(20)27/h3-16,19,25H,2,17-18H2,1H3,(H,29,31). The van der Waals surface area contributed by atoms with E-state index in [0.717, 1.165) is 22.9 Å². The van der Waals surface area contributed by atoms with Gasteiger partial charge in [0.2, 0.25) is 0 Å². The maximum atomic E-state index is 13.6. The van der Waals surface area contributed by atoms with Crippen molar-refractivity contribution in [2.75, 3.05) is 10.8 Å². The van der Waals surface area contributed by atoms with Gasteiger partial charge in [-0.25, -0.2) is 8.42 Å². The molecule has 1 unspecified atom stereocenters. The van der Waals surface area contributed by atoms with Gasteiger partial charge in [-0.15, -0.1) is 0 Å². The van der Waals surface area contributed by atoms with Gasteiger partial charge in [0.15, 0.2) is 0 Å². The molecule has 1 N–H and O–H groups in total. The lowest BCUT2D eigenvalue weighted by molar-refractivity contribution is 0.0935. The third-order valence-electron chi connectivity index (χ3n) is 6.43. The monoisotopic (exact) mass is 470 g/mol. The second-order valence-corrected chi connectivity index (χ2v) is 10.3. The summed E-state index contributed by atoms with van der Waals surface area (Å²) < 4.78 is 28.7. The van der Waals surface area contributed by atoms with Crippen LogP contribution in [0, 0.1) is 0 Å². The first-order valence-electron chi connectivity index (χ1n) is 11.5. The van der Waals surface area contributed by atoms with E-state index < -0.39 is 10.0 Å². The molecule has 0 bridgehead atoms. The van der Waals surface area contributed by atoms with Gasteiger partial charge in [-0.05, 0) is 53.6 Å². The average molecular weight is 471 g/mol. The summed E-state index contributed by atoms with van der Waals surface area (Å²) in [7, 11) is -3.74. The van der Waals surface area contributed by atoms with E-state index >= 15 is 0 Å². The first-order chi connectivity index (χ1) is 16.5. The van der Waals surface area contributed by atoms with Crippen LogP contribution in [-0.4, -0.2) is 20.9 Å². The molecular formula is C28H26N2O3S. The highest BCUT2D eigenvalue weighted by Crippen LogP contribution is 2.35. The van der Waals surface area contributed by atoms with Gasteiger partial charge in [-0.3, -0.25) is 9.10 Å². The predicted molar refractivity (Wildman–Crippen MR) is 136 cm³/mol. The summed E-state index contributed by atoms with van der Waals surface area (Å²) >= 11 is 0. The molecule has 1 atom stereocenters. The largest absolute Gasteiger partial charge is 0.345 e. The van der Waals surface area contributed by atoms with Gasteiger partial charge in [-0.2, -0.15) is 0 Å². The molecule has 4 aromatic carbocycles. The molecule has 1 aliphatic rings. The number of anilines is 1. The predicted octanol–water partition coefficient (Wildman–Crippen LogP) is 5.47. The molecule has 0 aromatic heterocycles. The van der Waals surface area contributed by atoms with Crippen molar-refractivity contribution in [3.05, 3.63) is 108 Å². The molecule has 0 spiro atoms. The maximum absolute atomic E-state index is 13.6. The van der Waals surface area contributed by atoms with Crippen LogP contribution in [0.5, 0.6) is 0 Å². The number of hydrogen-bond acceptors (Lipinski definition) is 3. The normalized spacial score (nSPS) is 14.1. The van der Waals surface area contributed by atoms with Crippen LogP contribution in [0.4, 0.5) is 5.69 Å². The van der Waals surface area contributed by atoms with E-state index in [4.69, 9.17) is 0 Å². The van der Waals surface area contributed by atoms with E-state index in [-0.39, 0.29) is 11.9 Å². The number of nitrogens with zero attached hydrogens (tertiary/aromatic N) is 1. The molecule has 0 saturated carbocycles.